The Hall–Kier alpha value is -3.07. The standard InChI is InChI=1S/C20H23N7OS/c1-13-11-21-20(29-13)25-18-10-17(23-14(2)24-18)15-7-9-27(12-15)19(28)5-4-16-6-8-22-26(16)3/h4-6,8,10-11,15H,7,9,12H2,1-3H3,(H,21,23,24,25)/b5-4+/t15-/m0/s1. The molecule has 3 aromatic rings. The fourth-order valence-corrected chi connectivity index (χ4v) is 4.07. The van der Waals surface area contributed by atoms with E-state index in [-0.39, 0.29) is 11.8 Å². The first kappa shape index (κ1) is 19.3. The van der Waals surface area contributed by atoms with Gasteiger partial charge in [-0.3, -0.25) is 9.48 Å². The zero-order valence-electron chi connectivity index (χ0n) is 16.7. The third-order valence-corrected chi connectivity index (χ3v) is 5.72. The Morgan fingerprint density at radius 1 is 1.34 bits per heavy atom. The molecule has 0 spiro atoms. The van der Waals surface area contributed by atoms with Gasteiger partial charge in [0.15, 0.2) is 5.13 Å². The normalized spacial score (nSPS) is 16.7. The van der Waals surface area contributed by atoms with Crippen molar-refractivity contribution in [1.82, 2.24) is 29.6 Å². The second-order valence-corrected chi connectivity index (χ2v) is 8.34. The lowest BCUT2D eigenvalue weighted by Gasteiger charge is -2.15. The molecule has 0 unspecified atom stereocenters. The second kappa shape index (κ2) is 8.12. The van der Waals surface area contributed by atoms with E-state index in [1.54, 1.807) is 34.4 Å². The number of rotatable bonds is 5. The summed E-state index contributed by atoms with van der Waals surface area (Å²) in [6.07, 6.45) is 7.85. The average molecular weight is 410 g/mol. The fraction of sp³-hybridized carbons (Fsp3) is 0.350. The Morgan fingerprint density at radius 2 is 2.21 bits per heavy atom. The van der Waals surface area contributed by atoms with Gasteiger partial charge >= 0.3 is 0 Å². The minimum atomic E-state index is 0.0103. The molecule has 3 aromatic heterocycles. The van der Waals surface area contributed by atoms with Gasteiger partial charge in [-0.05, 0) is 32.4 Å². The third kappa shape index (κ3) is 4.51. The Kier molecular flexibility index (Phi) is 5.39. The number of nitrogens with one attached hydrogen (secondary N) is 1. The van der Waals surface area contributed by atoms with E-state index in [4.69, 9.17) is 0 Å². The molecular weight excluding hydrogens is 386 g/mol. The molecule has 1 saturated heterocycles. The molecule has 1 atom stereocenters. The highest BCUT2D eigenvalue weighted by molar-refractivity contribution is 7.15. The van der Waals surface area contributed by atoms with E-state index in [2.05, 4.69) is 25.4 Å². The van der Waals surface area contributed by atoms with E-state index in [0.29, 0.717) is 12.4 Å². The van der Waals surface area contributed by atoms with Crippen molar-refractivity contribution in [2.24, 2.45) is 7.05 Å². The molecule has 8 nitrogen and oxygen atoms in total. The zero-order valence-corrected chi connectivity index (χ0v) is 17.5. The summed E-state index contributed by atoms with van der Waals surface area (Å²) in [6, 6.07) is 3.84. The molecule has 1 fully saturated rings. The van der Waals surface area contributed by atoms with Gasteiger partial charge in [-0.1, -0.05) is 0 Å². The minimum absolute atomic E-state index is 0.0103. The minimum Gasteiger partial charge on any atom is -0.338 e. The number of carbonyl (C=O) groups is 1. The summed E-state index contributed by atoms with van der Waals surface area (Å²) in [7, 11) is 1.85. The Balaban J connectivity index is 1.43. The molecule has 1 aliphatic heterocycles. The SMILES string of the molecule is Cc1nc(Nc2ncc(C)s2)cc([C@H]2CCN(C(=O)/C=C/c3ccnn3C)C2)n1. The summed E-state index contributed by atoms with van der Waals surface area (Å²) in [5.74, 6) is 1.65. The highest BCUT2D eigenvalue weighted by Crippen LogP contribution is 2.29. The van der Waals surface area contributed by atoms with Crippen LogP contribution in [0.4, 0.5) is 10.9 Å². The molecule has 29 heavy (non-hydrogen) atoms. The van der Waals surface area contributed by atoms with Crippen molar-refractivity contribution in [3.8, 4) is 0 Å². The number of hydrogen-bond donors (Lipinski definition) is 1. The van der Waals surface area contributed by atoms with E-state index >= 15 is 0 Å². The lowest BCUT2D eigenvalue weighted by Crippen LogP contribution is -2.26. The number of hydrogen-bond acceptors (Lipinski definition) is 7. The number of aryl methyl sites for hydroxylation is 3. The van der Waals surface area contributed by atoms with Crippen LogP contribution in [0.15, 0.2) is 30.6 Å². The van der Waals surface area contributed by atoms with E-state index in [1.807, 2.05) is 44.1 Å². The number of carbonyl (C=O) groups excluding carboxylic acids is 1. The number of thiazole rings is 1. The number of likely N-dealkylation sites (tertiary alicyclic amines) is 1. The van der Waals surface area contributed by atoms with Crippen LogP contribution in [0.3, 0.4) is 0 Å². The molecule has 150 valence electrons. The quantitative estimate of drug-likeness (QED) is 0.652. The maximum atomic E-state index is 12.6. The van der Waals surface area contributed by atoms with Gasteiger partial charge in [-0.2, -0.15) is 5.10 Å². The fourth-order valence-electron chi connectivity index (χ4n) is 3.40. The van der Waals surface area contributed by atoms with Crippen LogP contribution in [-0.2, 0) is 11.8 Å². The van der Waals surface area contributed by atoms with Crippen molar-refractivity contribution >= 4 is 34.3 Å². The summed E-state index contributed by atoms with van der Waals surface area (Å²) in [5.41, 5.74) is 1.85. The highest BCUT2D eigenvalue weighted by Gasteiger charge is 2.27. The van der Waals surface area contributed by atoms with Crippen molar-refractivity contribution in [1.29, 1.82) is 0 Å². The lowest BCUT2D eigenvalue weighted by atomic mass is 10.0. The van der Waals surface area contributed by atoms with Gasteiger partial charge in [0.25, 0.3) is 0 Å². The Bertz CT molecular complexity index is 1050. The molecule has 0 bridgehead atoms. The van der Waals surface area contributed by atoms with Crippen LogP contribution < -0.4 is 5.32 Å². The molecule has 0 saturated carbocycles. The maximum absolute atomic E-state index is 12.6. The van der Waals surface area contributed by atoms with E-state index < -0.39 is 0 Å². The topological polar surface area (TPSA) is 88.8 Å². The summed E-state index contributed by atoms with van der Waals surface area (Å²) in [6.45, 7) is 5.28. The molecule has 4 heterocycles. The molecule has 1 amide bonds. The lowest BCUT2D eigenvalue weighted by molar-refractivity contribution is -0.124. The van der Waals surface area contributed by atoms with Crippen LogP contribution >= 0.6 is 11.3 Å². The van der Waals surface area contributed by atoms with Gasteiger partial charge in [0.05, 0.1) is 11.4 Å². The zero-order chi connectivity index (χ0) is 20.4. The maximum Gasteiger partial charge on any atom is 0.246 e. The summed E-state index contributed by atoms with van der Waals surface area (Å²) in [5, 5.41) is 8.18. The van der Waals surface area contributed by atoms with Gasteiger partial charge < -0.3 is 10.2 Å². The monoisotopic (exact) mass is 409 g/mol. The number of aromatic nitrogens is 5. The van der Waals surface area contributed by atoms with Crippen LogP contribution in [0.25, 0.3) is 6.08 Å². The molecule has 0 aliphatic carbocycles. The van der Waals surface area contributed by atoms with Gasteiger partial charge in [-0.15, -0.1) is 11.3 Å². The molecule has 1 aliphatic rings. The molecule has 0 aromatic carbocycles. The molecule has 9 heteroatoms. The van der Waals surface area contributed by atoms with Crippen molar-refractivity contribution in [2.45, 2.75) is 26.2 Å². The molecule has 4 rings (SSSR count). The average Bonchev–Trinajstić information content (AvgIpc) is 3.41. The van der Waals surface area contributed by atoms with Crippen molar-refractivity contribution < 1.29 is 4.79 Å². The molecular formula is C20H23N7OS. The van der Waals surface area contributed by atoms with E-state index in [0.717, 1.165) is 40.2 Å². The highest BCUT2D eigenvalue weighted by atomic mass is 32.1. The second-order valence-electron chi connectivity index (χ2n) is 7.11. The first-order valence-electron chi connectivity index (χ1n) is 9.48. The first-order chi connectivity index (χ1) is 14.0. The number of nitrogens with zero attached hydrogens (tertiary/aromatic N) is 6. The van der Waals surface area contributed by atoms with Crippen LogP contribution in [0.1, 0.15) is 34.4 Å². The van der Waals surface area contributed by atoms with E-state index in [1.165, 1.54) is 0 Å². The largest absolute Gasteiger partial charge is 0.338 e. The van der Waals surface area contributed by atoms with Gasteiger partial charge in [0, 0.05) is 55.5 Å². The number of anilines is 2. The summed E-state index contributed by atoms with van der Waals surface area (Å²) in [4.78, 5) is 29.0. The van der Waals surface area contributed by atoms with Gasteiger partial charge in [0.2, 0.25) is 5.91 Å². The smallest absolute Gasteiger partial charge is 0.246 e. The Morgan fingerprint density at radius 3 is 2.93 bits per heavy atom. The van der Waals surface area contributed by atoms with Crippen molar-refractivity contribution in [3.05, 3.63) is 52.7 Å². The van der Waals surface area contributed by atoms with E-state index in [9.17, 15) is 4.79 Å². The summed E-state index contributed by atoms with van der Waals surface area (Å²) < 4.78 is 1.73. The Labute approximate surface area is 173 Å². The van der Waals surface area contributed by atoms with Crippen molar-refractivity contribution in [3.63, 3.8) is 0 Å². The van der Waals surface area contributed by atoms with Crippen LogP contribution in [0.5, 0.6) is 0 Å². The predicted octanol–water partition coefficient (Wildman–Crippen LogP) is 3.06. The van der Waals surface area contributed by atoms with Gasteiger partial charge in [0.1, 0.15) is 11.6 Å². The predicted molar refractivity (Wildman–Crippen MR) is 113 cm³/mol. The van der Waals surface area contributed by atoms with Crippen LogP contribution in [0.2, 0.25) is 0 Å². The third-order valence-electron chi connectivity index (χ3n) is 4.89. The number of amides is 1. The van der Waals surface area contributed by atoms with Crippen molar-refractivity contribution in [2.75, 3.05) is 18.4 Å². The molecule has 0 radical (unpaired) electrons. The molecule has 1 N–H and O–H groups in total. The summed E-state index contributed by atoms with van der Waals surface area (Å²) >= 11 is 1.59. The van der Waals surface area contributed by atoms with Crippen LogP contribution in [0, 0.1) is 13.8 Å². The van der Waals surface area contributed by atoms with Gasteiger partial charge in [-0.25, -0.2) is 15.0 Å². The van der Waals surface area contributed by atoms with Crippen LogP contribution in [-0.4, -0.2) is 48.6 Å². The first-order valence-corrected chi connectivity index (χ1v) is 10.3.